The van der Waals surface area contributed by atoms with Crippen LogP contribution in [-0.4, -0.2) is 11.8 Å². The number of rotatable bonds is 2. The van der Waals surface area contributed by atoms with Crippen LogP contribution in [0, 0.1) is 11.3 Å². The molecular weight excluding hydrogens is 359 g/mol. The van der Waals surface area contributed by atoms with Crippen LogP contribution in [0.15, 0.2) is 42.5 Å². The molecule has 0 aliphatic carbocycles. The van der Waals surface area contributed by atoms with E-state index in [4.69, 9.17) is 16.9 Å². The van der Waals surface area contributed by atoms with Gasteiger partial charge in [0.2, 0.25) is 0 Å². The molecule has 2 rings (SSSR count). The summed E-state index contributed by atoms with van der Waals surface area (Å²) in [6, 6.07) is 10.1. The standard InChI is InChI=1S/C16H9ClF3N3O2/c17-11-6-5-10(16(18,19)20)7-13(11)23-15(25)14(24)22-12-4-2-1-3-9(12)8-21/h1-7H,(H,22,24)(H,23,25). The van der Waals surface area contributed by atoms with Gasteiger partial charge in [0, 0.05) is 0 Å². The minimum absolute atomic E-state index is 0.0975. The Morgan fingerprint density at radius 1 is 1.00 bits per heavy atom. The Labute approximate surface area is 145 Å². The number of nitrogens with zero attached hydrogens (tertiary/aromatic N) is 1. The lowest BCUT2D eigenvalue weighted by molar-refractivity contribution is -0.137. The van der Waals surface area contributed by atoms with Gasteiger partial charge in [0.25, 0.3) is 0 Å². The predicted molar refractivity (Wildman–Crippen MR) is 84.9 cm³/mol. The highest BCUT2D eigenvalue weighted by atomic mass is 35.5. The molecule has 0 heterocycles. The second-order valence-electron chi connectivity index (χ2n) is 4.76. The molecule has 0 aromatic heterocycles. The molecule has 128 valence electrons. The van der Waals surface area contributed by atoms with Gasteiger partial charge < -0.3 is 10.6 Å². The van der Waals surface area contributed by atoms with Gasteiger partial charge in [-0.05, 0) is 30.3 Å². The van der Waals surface area contributed by atoms with Crippen LogP contribution >= 0.6 is 11.6 Å². The van der Waals surface area contributed by atoms with Crippen molar-refractivity contribution in [3.63, 3.8) is 0 Å². The highest BCUT2D eigenvalue weighted by Crippen LogP contribution is 2.33. The van der Waals surface area contributed by atoms with Crippen LogP contribution in [0.25, 0.3) is 0 Å². The van der Waals surface area contributed by atoms with Crippen molar-refractivity contribution in [3.8, 4) is 6.07 Å². The molecule has 2 aromatic carbocycles. The molecule has 0 saturated carbocycles. The number of carbonyl (C=O) groups excluding carboxylic acids is 2. The first-order valence-corrected chi connectivity index (χ1v) is 7.08. The number of nitrogens with one attached hydrogen (secondary N) is 2. The van der Waals surface area contributed by atoms with E-state index in [-0.39, 0.29) is 22.0 Å². The number of halogens is 4. The van der Waals surface area contributed by atoms with E-state index in [1.165, 1.54) is 18.2 Å². The monoisotopic (exact) mass is 367 g/mol. The largest absolute Gasteiger partial charge is 0.416 e. The van der Waals surface area contributed by atoms with E-state index in [0.29, 0.717) is 6.07 Å². The first-order chi connectivity index (χ1) is 11.7. The summed E-state index contributed by atoms with van der Waals surface area (Å²) in [5.74, 6) is -2.38. The highest BCUT2D eigenvalue weighted by molar-refractivity contribution is 6.44. The lowest BCUT2D eigenvalue weighted by Gasteiger charge is -2.12. The van der Waals surface area contributed by atoms with E-state index in [1.54, 1.807) is 6.07 Å². The molecule has 0 saturated heterocycles. The molecule has 0 fully saturated rings. The Balaban J connectivity index is 2.17. The molecule has 0 unspecified atom stereocenters. The Morgan fingerprint density at radius 2 is 1.60 bits per heavy atom. The molecule has 9 heteroatoms. The summed E-state index contributed by atoms with van der Waals surface area (Å²) in [5.41, 5.74) is -1.16. The van der Waals surface area contributed by atoms with Crippen molar-refractivity contribution in [1.29, 1.82) is 5.26 Å². The molecule has 0 spiro atoms. The number of nitriles is 1. The number of carbonyl (C=O) groups is 2. The van der Waals surface area contributed by atoms with Crippen LogP contribution in [0.3, 0.4) is 0 Å². The first kappa shape index (κ1) is 18.3. The third-order valence-electron chi connectivity index (χ3n) is 3.04. The average molecular weight is 368 g/mol. The van der Waals surface area contributed by atoms with Gasteiger partial charge in [-0.25, -0.2) is 0 Å². The van der Waals surface area contributed by atoms with Gasteiger partial charge in [0.15, 0.2) is 0 Å². The predicted octanol–water partition coefficient (Wildman–Crippen LogP) is 3.81. The molecule has 0 aliphatic heterocycles. The Hall–Kier alpha value is -3.05. The summed E-state index contributed by atoms with van der Waals surface area (Å²) in [4.78, 5) is 23.8. The average Bonchev–Trinajstić information content (AvgIpc) is 2.56. The van der Waals surface area contributed by atoms with Gasteiger partial charge in [0.05, 0.1) is 27.5 Å². The van der Waals surface area contributed by atoms with Crippen molar-refractivity contribution in [2.75, 3.05) is 10.6 Å². The van der Waals surface area contributed by atoms with Gasteiger partial charge in [-0.1, -0.05) is 23.7 Å². The quantitative estimate of drug-likeness (QED) is 0.792. The maximum absolute atomic E-state index is 12.7. The lowest BCUT2D eigenvalue weighted by Crippen LogP contribution is -2.29. The van der Waals surface area contributed by atoms with Gasteiger partial charge in [-0.15, -0.1) is 0 Å². The smallest absolute Gasteiger partial charge is 0.317 e. The summed E-state index contributed by atoms with van der Waals surface area (Å²) in [7, 11) is 0. The van der Waals surface area contributed by atoms with Crippen molar-refractivity contribution in [1.82, 2.24) is 0 Å². The number of benzene rings is 2. The zero-order chi connectivity index (χ0) is 18.6. The van der Waals surface area contributed by atoms with Crippen LogP contribution in [0.1, 0.15) is 11.1 Å². The Morgan fingerprint density at radius 3 is 2.20 bits per heavy atom. The second-order valence-corrected chi connectivity index (χ2v) is 5.17. The zero-order valence-corrected chi connectivity index (χ0v) is 13.1. The summed E-state index contributed by atoms with van der Waals surface area (Å²) in [6.07, 6.45) is -4.63. The fourth-order valence-corrected chi connectivity index (χ4v) is 2.01. The van der Waals surface area contributed by atoms with Gasteiger partial charge >= 0.3 is 18.0 Å². The maximum Gasteiger partial charge on any atom is 0.416 e. The molecule has 2 aromatic rings. The van der Waals surface area contributed by atoms with Gasteiger partial charge in [-0.2, -0.15) is 18.4 Å². The summed E-state index contributed by atoms with van der Waals surface area (Å²) >= 11 is 5.75. The number of hydrogen-bond donors (Lipinski definition) is 2. The third kappa shape index (κ3) is 4.49. The highest BCUT2D eigenvalue weighted by Gasteiger charge is 2.31. The molecule has 25 heavy (non-hydrogen) atoms. The fraction of sp³-hybridized carbons (Fsp3) is 0.0625. The van der Waals surface area contributed by atoms with Crippen molar-refractivity contribution < 1.29 is 22.8 Å². The molecule has 2 N–H and O–H groups in total. The summed E-state index contributed by atoms with van der Waals surface area (Å²) in [6.45, 7) is 0. The van der Waals surface area contributed by atoms with Crippen molar-refractivity contribution in [3.05, 3.63) is 58.6 Å². The summed E-state index contributed by atoms with van der Waals surface area (Å²) < 4.78 is 38.1. The molecule has 5 nitrogen and oxygen atoms in total. The van der Waals surface area contributed by atoms with E-state index in [2.05, 4.69) is 5.32 Å². The lowest BCUT2D eigenvalue weighted by atomic mass is 10.2. The van der Waals surface area contributed by atoms with Gasteiger partial charge in [-0.3, -0.25) is 9.59 Å². The maximum atomic E-state index is 12.7. The van der Waals surface area contributed by atoms with E-state index in [1.807, 2.05) is 11.4 Å². The van der Waals surface area contributed by atoms with Crippen LogP contribution < -0.4 is 10.6 Å². The number of hydrogen-bond acceptors (Lipinski definition) is 3. The van der Waals surface area contributed by atoms with Crippen LogP contribution in [0.2, 0.25) is 5.02 Å². The minimum Gasteiger partial charge on any atom is -0.317 e. The number of alkyl halides is 3. The minimum atomic E-state index is -4.63. The van der Waals surface area contributed by atoms with Crippen LogP contribution in [-0.2, 0) is 15.8 Å². The molecular formula is C16H9ClF3N3O2. The second kappa shape index (κ2) is 7.23. The SMILES string of the molecule is N#Cc1ccccc1NC(=O)C(=O)Nc1cc(C(F)(F)F)ccc1Cl. The number of anilines is 2. The summed E-state index contributed by atoms with van der Waals surface area (Å²) in [5, 5.41) is 13.0. The van der Waals surface area contributed by atoms with E-state index in [0.717, 1.165) is 12.1 Å². The molecule has 0 atom stereocenters. The molecule has 0 aliphatic rings. The normalized spacial score (nSPS) is 10.7. The fourth-order valence-electron chi connectivity index (χ4n) is 1.85. The van der Waals surface area contributed by atoms with E-state index in [9.17, 15) is 22.8 Å². The first-order valence-electron chi connectivity index (χ1n) is 6.70. The van der Waals surface area contributed by atoms with Crippen molar-refractivity contribution >= 4 is 34.8 Å². The molecule has 2 amide bonds. The van der Waals surface area contributed by atoms with Crippen LogP contribution in [0.5, 0.6) is 0 Å². The zero-order valence-electron chi connectivity index (χ0n) is 12.3. The molecule has 0 radical (unpaired) electrons. The Bertz CT molecular complexity index is 876. The molecule has 0 bridgehead atoms. The van der Waals surface area contributed by atoms with E-state index < -0.39 is 23.6 Å². The Kier molecular flexibility index (Phi) is 5.29. The van der Waals surface area contributed by atoms with Crippen molar-refractivity contribution in [2.45, 2.75) is 6.18 Å². The van der Waals surface area contributed by atoms with E-state index >= 15 is 0 Å². The van der Waals surface area contributed by atoms with Crippen molar-refractivity contribution in [2.24, 2.45) is 0 Å². The topological polar surface area (TPSA) is 82.0 Å². The van der Waals surface area contributed by atoms with Gasteiger partial charge in [0.1, 0.15) is 6.07 Å². The number of amides is 2. The third-order valence-corrected chi connectivity index (χ3v) is 3.37. The number of para-hydroxylation sites is 1. The van der Waals surface area contributed by atoms with Crippen LogP contribution in [0.4, 0.5) is 24.5 Å².